The predicted molar refractivity (Wildman–Crippen MR) is 192 cm³/mol. The van der Waals surface area contributed by atoms with Crippen LogP contribution in [0.25, 0.3) is 18.2 Å². The third-order valence-electron chi connectivity index (χ3n) is 6.64. The zero-order chi connectivity index (χ0) is 29.8. The smallest absolute Gasteiger partial charge is 0.205 e. The molecule has 0 N–H and O–H groups in total. The van der Waals surface area contributed by atoms with Gasteiger partial charge in [-0.2, -0.15) is 4.57 Å². The van der Waals surface area contributed by atoms with Gasteiger partial charge in [-0.05, 0) is 55.3 Å². The second kappa shape index (κ2) is 19.6. The van der Waals surface area contributed by atoms with Crippen molar-refractivity contribution in [2.24, 2.45) is 4.99 Å². The van der Waals surface area contributed by atoms with Crippen LogP contribution in [-0.2, 0) is 6.54 Å². The summed E-state index contributed by atoms with van der Waals surface area (Å²) in [6.45, 7) is 7.98. The van der Waals surface area contributed by atoms with Gasteiger partial charge in [0, 0.05) is 81.0 Å². The number of hydrogen-bond acceptors (Lipinski definition) is 5. The van der Waals surface area contributed by atoms with E-state index in [2.05, 4.69) is 144 Å². The van der Waals surface area contributed by atoms with Gasteiger partial charge < -0.3 is 9.80 Å². The number of aryl methyl sites for hydroxylation is 1. The summed E-state index contributed by atoms with van der Waals surface area (Å²) in [7, 11) is 8.28. The molecule has 42 heavy (non-hydrogen) atoms. The Kier molecular flexibility index (Phi) is 15.4. The maximum Gasteiger partial charge on any atom is 0.205 e. The van der Waals surface area contributed by atoms with E-state index in [0.29, 0.717) is 0 Å². The van der Waals surface area contributed by atoms with Gasteiger partial charge >= 0.3 is 0 Å². The van der Waals surface area contributed by atoms with Crippen molar-refractivity contribution in [2.75, 3.05) is 55.0 Å². The number of aromatic nitrogens is 1. The van der Waals surface area contributed by atoms with Gasteiger partial charge in [0.25, 0.3) is 0 Å². The molecule has 220 valence electrons. The molecule has 0 radical (unpaired) electrons. The fraction of sp³-hybridized carbons (Fsp3) is 0.278. The third-order valence-corrected chi connectivity index (χ3v) is 9.01. The Morgan fingerprint density at radius 2 is 1.24 bits per heavy atom. The summed E-state index contributed by atoms with van der Waals surface area (Å²) in [5.41, 5.74) is 6.20. The lowest BCUT2D eigenvalue weighted by Gasteiger charge is -2.22. The first-order chi connectivity index (χ1) is 20.6. The van der Waals surface area contributed by atoms with Crippen molar-refractivity contribution in [1.82, 2.24) is 0 Å². The molecule has 2 aromatic carbocycles. The molecule has 0 aliphatic heterocycles. The first-order valence-corrected chi connectivity index (χ1v) is 17.1. The van der Waals surface area contributed by atoms with Crippen LogP contribution in [0.2, 0.25) is 0 Å². The number of benzene rings is 2. The highest BCUT2D eigenvalue weighted by atomic mass is 33.1. The number of para-hydroxylation sites is 2. The minimum absolute atomic E-state index is 0.815. The van der Waals surface area contributed by atoms with Crippen LogP contribution in [0.15, 0.2) is 108 Å². The molecule has 0 bridgehead atoms. The molecule has 0 fully saturated rings. The largest absolute Gasteiger partial charge is 0.373 e. The first kappa shape index (κ1) is 33.0. The summed E-state index contributed by atoms with van der Waals surface area (Å²) in [5.74, 6) is 2.14. The molecule has 1 aromatic heterocycles. The number of hydrogen-bond donors (Lipinski definition) is 0. The van der Waals surface area contributed by atoms with E-state index >= 15 is 0 Å². The van der Waals surface area contributed by atoms with Crippen molar-refractivity contribution in [3.63, 3.8) is 0 Å². The quantitative estimate of drug-likeness (QED) is 0.0513. The van der Waals surface area contributed by atoms with Crippen LogP contribution in [0.5, 0.6) is 0 Å². The molecule has 0 atom stereocenters. The van der Waals surface area contributed by atoms with E-state index in [1.54, 1.807) is 0 Å². The Balaban J connectivity index is 1.44. The molecular formula is C36H45N4S2+. The fourth-order valence-corrected chi connectivity index (χ4v) is 6.42. The van der Waals surface area contributed by atoms with E-state index in [9.17, 15) is 0 Å². The number of nitrogens with zero attached hydrogens (tertiary/aromatic N) is 4. The molecule has 0 saturated heterocycles. The lowest BCUT2D eigenvalue weighted by molar-refractivity contribution is -0.695. The second-order valence-electron chi connectivity index (χ2n) is 9.63. The molecule has 0 aliphatic carbocycles. The number of rotatable bonds is 17. The highest BCUT2D eigenvalue weighted by Crippen LogP contribution is 2.26. The van der Waals surface area contributed by atoms with Crippen LogP contribution in [0.4, 0.5) is 11.4 Å². The molecule has 4 nitrogen and oxygen atoms in total. The van der Waals surface area contributed by atoms with Crippen LogP contribution >= 0.6 is 21.6 Å². The van der Waals surface area contributed by atoms with Crippen molar-refractivity contribution in [1.29, 1.82) is 0 Å². The number of allylic oxidation sites excluding steroid dienone is 5. The van der Waals surface area contributed by atoms with E-state index in [4.69, 9.17) is 0 Å². The lowest BCUT2D eigenvalue weighted by Crippen LogP contribution is -2.34. The number of aliphatic imine (C=N–C) groups is 1. The normalized spacial score (nSPS) is 12.1. The van der Waals surface area contributed by atoms with Gasteiger partial charge in [-0.1, -0.05) is 88.4 Å². The Labute approximate surface area is 261 Å². The van der Waals surface area contributed by atoms with E-state index in [1.165, 1.54) is 28.2 Å². The van der Waals surface area contributed by atoms with Gasteiger partial charge in [-0.3, -0.25) is 4.99 Å². The molecule has 6 heteroatoms. The molecule has 0 spiro atoms. The average molecular weight is 598 g/mol. The SMILES string of the molecule is CC/N=C/C=C\C=C\C=C\c1ccccc1N(C)CCSSCCN(C)c1ccccc1/C=C/c1cccc[n+]1CC. The van der Waals surface area contributed by atoms with Crippen LogP contribution < -0.4 is 14.4 Å². The van der Waals surface area contributed by atoms with Crippen LogP contribution in [0.1, 0.15) is 30.7 Å². The highest BCUT2D eigenvalue weighted by Gasteiger charge is 2.08. The number of anilines is 2. The molecular weight excluding hydrogens is 553 g/mol. The Bertz CT molecular complexity index is 1360. The molecule has 0 unspecified atom stereocenters. The molecule has 0 aliphatic rings. The zero-order valence-electron chi connectivity index (χ0n) is 25.5. The van der Waals surface area contributed by atoms with Gasteiger partial charge in [-0.15, -0.1) is 0 Å². The van der Waals surface area contributed by atoms with Crippen molar-refractivity contribution in [3.05, 3.63) is 120 Å². The summed E-state index contributed by atoms with van der Waals surface area (Å²) >= 11 is 0. The first-order valence-electron chi connectivity index (χ1n) is 14.6. The molecule has 0 saturated carbocycles. The number of pyridine rings is 1. The minimum atomic E-state index is 0.815. The highest BCUT2D eigenvalue weighted by molar-refractivity contribution is 8.76. The maximum atomic E-state index is 4.17. The van der Waals surface area contributed by atoms with E-state index < -0.39 is 0 Å². The van der Waals surface area contributed by atoms with E-state index in [1.807, 2.05) is 53.0 Å². The van der Waals surface area contributed by atoms with Gasteiger partial charge in [0.15, 0.2) is 6.20 Å². The van der Waals surface area contributed by atoms with Crippen LogP contribution in [0.3, 0.4) is 0 Å². The van der Waals surface area contributed by atoms with Crippen molar-refractivity contribution < 1.29 is 4.57 Å². The molecule has 1 heterocycles. The zero-order valence-corrected chi connectivity index (χ0v) is 27.1. The summed E-state index contributed by atoms with van der Waals surface area (Å²) in [4.78, 5) is 8.89. The monoisotopic (exact) mass is 597 g/mol. The fourth-order valence-electron chi connectivity index (χ4n) is 4.33. The van der Waals surface area contributed by atoms with Gasteiger partial charge in [-0.25, -0.2) is 0 Å². The van der Waals surface area contributed by atoms with Crippen molar-refractivity contribution in [2.45, 2.75) is 20.4 Å². The topological polar surface area (TPSA) is 22.7 Å². The Hall–Kier alpha value is -3.48. The van der Waals surface area contributed by atoms with Gasteiger partial charge in [0.2, 0.25) is 5.69 Å². The Morgan fingerprint density at radius 1 is 0.667 bits per heavy atom. The average Bonchev–Trinajstić information content (AvgIpc) is 3.03. The summed E-state index contributed by atoms with van der Waals surface area (Å²) in [5, 5.41) is 0. The minimum Gasteiger partial charge on any atom is -0.373 e. The second-order valence-corrected chi connectivity index (χ2v) is 12.3. The van der Waals surface area contributed by atoms with E-state index in [0.717, 1.165) is 37.7 Å². The van der Waals surface area contributed by atoms with Gasteiger partial charge in [0.05, 0.1) is 0 Å². The standard InChI is InChI=1S/C36H45N4S2/c1-5-37-26-16-9-7-8-10-18-32-19-11-13-22-35(32)38(3)28-30-41-42-31-29-39(4)36-23-14-12-20-33(36)24-25-34-21-15-17-27-40(34)6-2/h7-27H,5-6,28-31H2,1-4H3/q+1/b8-7+,16-9-,18-10+,37-26+. The molecule has 3 aromatic rings. The summed E-state index contributed by atoms with van der Waals surface area (Å²) in [6.07, 6.45) is 20.7. The molecule has 0 amide bonds. The lowest BCUT2D eigenvalue weighted by atomic mass is 10.1. The maximum absolute atomic E-state index is 4.17. The summed E-state index contributed by atoms with van der Waals surface area (Å²) < 4.78 is 2.26. The van der Waals surface area contributed by atoms with Crippen LogP contribution in [0, 0.1) is 0 Å². The van der Waals surface area contributed by atoms with Crippen molar-refractivity contribution in [3.8, 4) is 0 Å². The predicted octanol–water partition coefficient (Wildman–Crippen LogP) is 8.33. The van der Waals surface area contributed by atoms with Crippen molar-refractivity contribution >= 4 is 57.4 Å². The van der Waals surface area contributed by atoms with E-state index in [-0.39, 0.29) is 0 Å². The third kappa shape index (κ3) is 11.4. The van der Waals surface area contributed by atoms with Crippen LogP contribution in [-0.4, -0.2) is 51.4 Å². The molecule has 3 rings (SSSR count). The van der Waals surface area contributed by atoms with Gasteiger partial charge in [0.1, 0.15) is 6.54 Å². The Morgan fingerprint density at radius 3 is 1.88 bits per heavy atom. The summed E-state index contributed by atoms with van der Waals surface area (Å²) in [6, 6.07) is 23.6.